The van der Waals surface area contributed by atoms with Gasteiger partial charge in [0.1, 0.15) is 44.7 Å². The summed E-state index contributed by atoms with van der Waals surface area (Å²) in [4.78, 5) is 4.78. The highest BCUT2D eigenvalue weighted by Crippen LogP contribution is 2.60. The summed E-state index contributed by atoms with van der Waals surface area (Å²) < 4.78 is 29.8. The Morgan fingerprint density at radius 2 is 0.407 bits per heavy atom. The standard InChI is InChI=1S/C80H44N2O4/c1-5-21-45(22-6-1)81(46-23-7-2-8-24-46)75-51-31-15-19-35-55(51)79-69-59(75)39-43-63-73(69)71-61(85-79)41-37-57-65(49-29-13-17-33-53(49)77(83-63)67(57)71)66-50-30-14-18-34-54(50)78-68-58(66)38-42-62-72(68)74-64(84-78)44-40-60-70(74)80(86-62)56-36-20-16-32-52(56)76(60)82(47-25-9-3-10-26-47)48-27-11-4-12-28-48/h1-44H. The number of fused-ring (bicyclic) bond motifs is 8. The summed E-state index contributed by atoms with van der Waals surface area (Å²) in [7, 11) is 0. The molecule has 0 saturated heterocycles. The zero-order valence-corrected chi connectivity index (χ0v) is 45.9. The third-order valence-corrected chi connectivity index (χ3v) is 18.5. The monoisotopic (exact) mass is 1100 g/mol. The van der Waals surface area contributed by atoms with Crippen LogP contribution in [0.25, 0.3) is 164 Å². The van der Waals surface area contributed by atoms with Gasteiger partial charge in [0, 0.05) is 110 Å². The van der Waals surface area contributed by atoms with Crippen LogP contribution in [-0.2, 0) is 0 Å². The molecule has 4 aliphatic heterocycles. The molecule has 0 amide bonds. The van der Waals surface area contributed by atoms with Gasteiger partial charge in [-0.25, -0.2) is 0 Å². The van der Waals surface area contributed by atoms with Gasteiger partial charge in [-0.3, -0.25) is 0 Å². The molecule has 398 valence electrons. The van der Waals surface area contributed by atoms with Crippen molar-refractivity contribution in [2.45, 2.75) is 0 Å². The minimum atomic E-state index is 0.800. The van der Waals surface area contributed by atoms with E-state index < -0.39 is 0 Å². The first-order chi connectivity index (χ1) is 42.7. The van der Waals surface area contributed by atoms with Crippen LogP contribution >= 0.6 is 0 Å². The molecule has 6 heteroatoms. The van der Waals surface area contributed by atoms with E-state index in [2.05, 4.69) is 277 Å². The average Bonchev–Trinajstić information content (AvgIpc) is 0.719. The number of hydrogen-bond donors (Lipinski definition) is 0. The molecule has 0 fully saturated rings. The average molecular weight is 1100 g/mol. The fraction of sp³-hybridized carbons (Fsp3) is 0. The Bertz CT molecular complexity index is 5620. The van der Waals surface area contributed by atoms with Gasteiger partial charge in [-0.2, -0.15) is 0 Å². The topological polar surface area (TPSA) is 59.0 Å². The van der Waals surface area contributed by atoms with Gasteiger partial charge >= 0.3 is 0 Å². The van der Waals surface area contributed by atoms with E-state index in [1.807, 2.05) is 0 Å². The van der Waals surface area contributed by atoms with Crippen LogP contribution < -0.4 is 9.80 Å². The summed E-state index contributed by atoms with van der Waals surface area (Å²) in [5, 5.41) is 16.8. The number of hydrogen-bond acceptors (Lipinski definition) is 6. The largest absolute Gasteiger partial charge is 0.455 e. The van der Waals surface area contributed by atoms with E-state index in [4.69, 9.17) is 17.7 Å². The van der Waals surface area contributed by atoms with Crippen LogP contribution in [0.2, 0.25) is 0 Å². The normalized spacial score (nSPS) is 12.4. The van der Waals surface area contributed by atoms with E-state index >= 15 is 0 Å². The van der Waals surface area contributed by atoms with Crippen LogP contribution in [0.5, 0.6) is 0 Å². The molecule has 0 saturated carbocycles. The van der Waals surface area contributed by atoms with Crippen molar-refractivity contribution in [2.24, 2.45) is 0 Å². The van der Waals surface area contributed by atoms with Crippen LogP contribution in [0.3, 0.4) is 0 Å². The van der Waals surface area contributed by atoms with E-state index in [-0.39, 0.29) is 0 Å². The molecule has 0 atom stereocenters. The molecule has 4 aliphatic rings. The van der Waals surface area contributed by atoms with E-state index in [9.17, 15) is 0 Å². The number of anilines is 6. The molecule has 0 spiro atoms. The SMILES string of the molecule is c1ccc(N(c2ccccc2)c2c3ccccc3c3oc4ccc5c(-c6c7ccccc7c7oc8ccc9c(N(c%10ccccc%10)c%10ccccc%10)c%10ccccc%10c%10oc%11ccc6c7c%11-c8c9%10)c6ccccc6c6oc7ccc2c3c7-c4c56)cc1. The fourth-order valence-corrected chi connectivity index (χ4v) is 15.1. The highest BCUT2D eigenvalue weighted by atomic mass is 16.3. The first kappa shape index (κ1) is 45.9. The maximum Gasteiger partial charge on any atom is 0.144 e. The van der Waals surface area contributed by atoms with Crippen LogP contribution in [0, 0.1) is 0 Å². The molecule has 4 heterocycles. The van der Waals surface area contributed by atoms with E-state index in [0.29, 0.717) is 0 Å². The summed E-state index contributed by atoms with van der Waals surface area (Å²) in [6.45, 7) is 0. The highest BCUT2D eigenvalue weighted by Gasteiger charge is 2.35. The van der Waals surface area contributed by atoms with Gasteiger partial charge in [-0.05, 0) is 130 Å². The van der Waals surface area contributed by atoms with E-state index in [1.165, 1.54) is 0 Å². The quantitative estimate of drug-likeness (QED) is 0.117. The molecular weight excluding hydrogens is 1050 g/mol. The summed E-state index contributed by atoms with van der Waals surface area (Å²) >= 11 is 0. The third kappa shape index (κ3) is 5.98. The van der Waals surface area contributed by atoms with Crippen LogP contribution in [0.4, 0.5) is 34.1 Å². The Morgan fingerprint density at radius 1 is 0.174 bits per heavy atom. The number of rotatable bonds is 7. The van der Waals surface area contributed by atoms with E-state index in [0.717, 1.165) is 198 Å². The maximum absolute atomic E-state index is 7.47. The van der Waals surface area contributed by atoms with Gasteiger partial charge in [-0.15, -0.1) is 0 Å². The number of para-hydroxylation sites is 4. The van der Waals surface area contributed by atoms with Gasteiger partial charge in [-0.1, -0.05) is 170 Å². The Balaban J connectivity index is 0.907. The fourth-order valence-electron chi connectivity index (χ4n) is 15.1. The molecule has 0 bridgehead atoms. The van der Waals surface area contributed by atoms with Crippen LogP contribution in [-0.4, -0.2) is 0 Å². The molecule has 16 aromatic rings. The van der Waals surface area contributed by atoms with Crippen LogP contribution in [0.1, 0.15) is 0 Å². The summed E-state index contributed by atoms with van der Waals surface area (Å²) in [6.07, 6.45) is 0. The Kier molecular flexibility index (Phi) is 9.09. The van der Waals surface area contributed by atoms with Gasteiger partial charge in [0.2, 0.25) is 0 Å². The molecule has 0 aromatic heterocycles. The first-order valence-corrected chi connectivity index (χ1v) is 29.3. The predicted octanol–water partition coefficient (Wildman–Crippen LogP) is 23.6. The minimum Gasteiger partial charge on any atom is -0.455 e. The van der Waals surface area contributed by atoms with Crippen molar-refractivity contribution in [3.63, 3.8) is 0 Å². The maximum atomic E-state index is 7.47. The Morgan fingerprint density at radius 3 is 0.709 bits per heavy atom. The lowest BCUT2D eigenvalue weighted by Gasteiger charge is -2.30. The molecular formula is C80H44N2O4. The van der Waals surface area contributed by atoms with E-state index in [1.54, 1.807) is 0 Å². The number of nitrogens with zero attached hydrogens (tertiary/aromatic N) is 2. The second-order valence-corrected chi connectivity index (χ2v) is 22.8. The Hall–Kier alpha value is -11.6. The molecule has 0 unspecified atom stereocenters. The van der Waals surface area contributed by atoms with Gasteiger partial charge < -0.3 is 27.5 Å². The third-order valence-electron chi connectivity index (χ3n) is 18.5. The van der Waals surface area contributed by atoms with Gasteiger partial charge in [0.15, 0.2) is 0 Å². The van der Waals surface area contributed by atoms with Crippen LogP contribution in [0.15, 0.2) is 285 Å². The summed E-state index contributed by atoms with van der Waals surface area (Å²) in [5.41, 5.74) is 19.3. The smallest absolute Gasteiger partial charge is 0.144 e. The molecule has 0 aliphatic carbocycles. The molecule has 0 radical (unpaired) electrons. The molecule has 6 nitrogen and oxygen atoms in total. The lowest BCUT2D eigenvalue weighted by molar-refractivity contribution is 0.650. The zero-order chi connectivity index (χ0) is 55.9. The van der Waals surface area contributed by atoms with Crippen molar-refractivity contribution < 1.29 is 17.7 Å². The van der Waals surface area contributed by atoms with Crippen molar-refractivity contribution in [3.05, 3.63) is 267 Å². The van der Waals surface area contributed by atoms with Gasteiger partial charge in [0.05, 0.1) is 11.4 Å². The second kappa shape index (κ2) is 17.0. The zero-order valence-electron chi connectivity index (χ0n) is 45.9. The van der Waals surface area contributed by atoms with Crippen molar-refractivity contribution in [1.29, 1.82) is 0 Å². The molecule has 16 aromatic carbocycles. The lowest BCUT2D eigenvalue weighted by Crippen LogP contribution is -2.11. The van der Waals surface area contributed by atoms with Crippen molar-refractivity contribution in [3.8, 4) is 33.4 Å². The summed E-state index contributed by atoms with van der Waals surface area (Å²) in [5.74, 6) is 0. The first-order valence-electron chi connectivity index (χ1n) is 29.3. The minimum absolute atomic E-state index is 0.800. The van der Waals surface area contributed by atoms with Crippen molar-refractivity contribution >= 4 is 165 Å². The Labute approximate surface area is 490 Å². The van der Waals surface area contributed by atoms with Crippen molar-refractivity contribution in [2.75, 3.05) is 9.80 Å². The summed E-state index contributed by atoms with van der Waals surface area (Å²) in [6, 6.07) is 95.3. The number of benzene rings is 16. The predicted molar refractivity (Wildman–Crippen MR) is 356 cm³/mol. The molecule has 20 rings (SSSR count). The second-order valence-electron chi connectivity index (χ2n) is 22.8. The lowest BCUT2D eigenvalue weighted by atomic mass is 9.80. The van der Waals surface area contributed by atoms with Gasteiger partial charge in [0.25, 0.3) is 0 Å². The van der Waals surface area contributed by atoms with Crippen molar-refractivity contribution in [1.82, 2.24) is 0 Å². The molecule has 0 N–H and O–H groups in total. The highest BCUT2D eigenvalue weighted by molar-refractivity contribution is 6.40. The molecule has 86 heavy (non-hydrogen) atoms.